The van der Waals surface area contributed by atoms with Gasteiger partial charge in [-0.1, -0.05) is 0 Å². The van der Waals surface area contributed by atoms with Crippen molar-refractivity contribution < 1.29 is 22.4 Å². The number of hydrogen-bond donors (Lipinski definition) is 1. The van der Waals surface area contributed by atoms with Crippen LogP contribution in [0.1, 0.15) is 44.1 Å². The molecule has 0 spiro atoms. The number of hydrogen-bond acceptors (Lipinski definition) is 4. The van der Waals surface area contributed by atoms with Gasteiger partial charge in [0.05, 0.1) is 11.6 Å². The summed E-state index contributed by atoms with van der Waals surface area (Å²) in [5, 5.41) is 11.5. The van der Waals surface area contributed by atoms with Crippen molar-refractivity contribution in [1.82, 2.24) is 10.2 Å². The average molecular weight is 440 g/mol. The SMILES string of the molecule is N#CCC(=O)NC1CCC(CCN2CCN(c3cc(F)cc(C(F)(F)F)c3)CC2)CC1. The van der Waals surface area contributed by atoms with Gasteiger partial charge < -0.3 is 10.2 Å². The van der Waals surface area contributed by atoms with Crippen molar-refractivity contribution >= 4 is 11.6 Å². The zero-order valence-electron chi connectivity index (χ0n) is 17.4. The average Bonchev–Trinajstić information content (AvgIpc) is 2.73. The summed E-state index contributed by atoms with van der Waals surface area (Å²) in [6.07, 6.45) is 0.335. The van der Waals surface area contributed by atoms with Gasteiger partial charge in [-0.3, -0.25) is 9.69 Å². The second-order valence-corrected chi connectivity index (χ2v) is 8.43. The Labute approximate surface area is 180 Å². The number of piperazine rings is 1. The summed E-state index contributed by atoms with van der Waals surface area (Å²) >= 11 is 0. The van der Waals surface area contributed by atoms with Gasteiger partial charge in [0.15, 0.2) is 0 Å². The summed E-state index contributed by atoms with van der Waals surface area (Å²) in [5.74, 6) is -0.476. The van der Waals surface area contributed by atoms with Crippen molar-refractivity contribution in [3.8, 4) is 6.07 Å². The van der Waals surface area contributed by atoms with E-state index in [1.165, 1.54) is 6.07 Å². The van der Waals surface area contributed by atoms with Crippen LogP contribution in [0.5, 0.6) is 0 Å². The maximum atomic E-state index is 13.7. The summed E-state index contributed by atoms with van der Waals surface area (Å²) in [4.78, 5) is 15.6. The molecular weight excluding hydrogens is 412 g/mol. The summed E-state index contributed by atoms with van der Waals surface area (Å²) in [5.41, 5.74) is -0.673. The molecule has 9 heteroatoms. The standard InChI is InChI=1S/C22H28F4N4O/c23-18-13-17(22(24,25)26)14-20(15-18)30-11-9-29(10-12-30)8-6-16-1-3-19(4-2-16)28-21(31)5-7-27/h13-16,19H,1-6,8-12H2,(H,28,31). The van der Waals surface area contributed by atoms with Crippen LogP contribution in [0.4, 0.5) is 23.2 Å². The molecule has 1 amide bonds. The monoisotopic (exact) mass is 440 g/mol. The van der Waals surface area contributed by atoms with Crippen molar-refractivity contribution in [2.24, 2.45) is 5.92 Å². The highest BCUT2D eigenvalue weighted by Crippen LogP contribution is 2.33. The van der Waals surface area contributed by atoms with E-state index in [2.05, 4.69) is 10.2 Å². The lowest BCUT2D eigenvalue weighted by molar-refractivity contribution is -0.137. The maximum absolute atomic E-state index is 13.7. The molecule has 0 bridgehead atoms. The number of nitrogens with one attached hydrogen (secondary N) is 1. The Kier molecular flexibility index (Phi) is 7.76. The first-order valence-corrected chi connectivity index (χ1v) is 10.8. The van der Waals surface area contributed by atoms with Crippen LogP contribution in [-0.4, -0.2) is 49.6 Å². The predicted molar refractivity (Wildman–Crippen MR) is 109 cm³/mol. The van der Waals surface area contributed by atoms with Crippen LogP contribution in [0, 0.1) is 23.1 Å². The minimum absolute atomic E-state index is 0.0982. The lowest BCUT2D eigenvalue weighted by Gasteiger charge is -2.37. The third kappa shape index (κ3) is 6.82. The number of benzene rings is 1. The van der Waals surface area contributed by atoms with E-state index < -0.39 is 17.6 Å². The first-order chi connectivity index (χ1) is 14.7. The number of halogens is 4. The smallest absolute Gasteiger partial charge is 0.369 e. The fourth-order valence-corrected chi connectivity index (χ4v) is 4.46. The van der Waals surface area contributed by atoms with E-state index in [1.807, 2.05) is 11.0 Å². The first-order valence-electron chi connectivity index (χ1n) is 10.8. The van der Waals surface area contributed by atoms with Gasteiger partial charge in [-0.15, -0.1) is 0 Å². The van der Waals surface area contributed by atoms with Gasteiger partial charge in [0.1, 0.15) is 12.2 Å². The van der Waals surface area contributed by atoms with E-state index in [1.54, 1.807) is 0 Å². The molecule has 0 aromatic heterocycles. The van der Waals surface area contributed by atoms with Gasteiger partial charge in [-0.05, 0) is 62.8 Å². The Bertz CT molecular complexity index is 792. The number of nitrogens with zero attached hydrogens (tertiary/aromatic N) is 3. The highest BCUT2D eigenvalue weighted by atomic mass is 19.4. The second-order valence-electron chi connectivity index (χ2n) is 8.43. The van der Waals surface area contributed by atoms with E-state index in [0.717, 1.165) is 57.8 Å². The van der Waals surface area contributed by atoms with Crippen LogP contribution < -0.4 is 10.2 Å². The zero-order chi connectivity index (χ0) is 22.4. The highest BCUT2D eigenvalue weighted by molar-refractivity contribution is 5.78. The number of amides is 1. The quantitative estimate of drug-likeness (QED) is 0.681. The van der Waals surface area contributed by atoms with Crippen LogP contribution in [0.2, 0.25) is 0 Å². The summed E-state index contributed by atoms with van der Waals surface area (Å²) in [7, 11) is 0. The molecule has 1 saturated heterocycles. The highest BCUT2D eigenvalue weighted by Gasteiger charge is 2.32. The van der Waals surface area contributed by atoms with Crippen LogP contribution in [-0.2, 0) is 11.0 Å². The summed E-state index contributed by atoms with van der Waals surface area (Å²) < 4.78 is 52.5. The maximum Gasteiger partial charge on any atom is 0.416 e. The molecule has 2 fully saturated rings. The minimum Gasteiger partial charge on any atom is -0.369 e. The number of nitriles is 1. The van der Waals surface area contributed by atoms with Gasteiger partial charge in [-0.2, -0.15) is 18.4 Å². The minimum atomic E-state index is -4.56. The molecule has 1 heterocycles. The molecule has 31 heavy (non-hydrogen) atoms. The van der Waals surface area contributed by atoms with Crippen LogP contribution in [0.15, 0.2) is 18.2 Å². The van der Waals surface area contributed by atoms with E-state index in [4.69, 9.17) is 5.26 Å². The lowest BCUT2D eigenvalue weighted by Crippen LogP contribution is -2.47. The Morgan fingerprint density at radius 1 is 1.10 bits per heavy atom. The summed E-state index contributed by atoms with van der Waals surface area (Å²) in [6.45, 7) is 3.53. The van der Waals surface area contributed by atoms with E-state index in [9.17, 15) is 22.4 Å². The van der Waals surface area contributed by atoms with Crippen molar-refractivity contribution in [3.05, 3.63) is 29.6 Å². The molecule has 2 aliphatic rings. The van der Waals surface area contributed by atoms with Gasteiger partial charge >= 0.3 is 6.18 Å². The molecular formula is C22H28F4N4O. The molecule has 1 aromatic carbocycles. The molecule has 5 nitrogen and oxygen atoms in total. The number of rotatable bonds is 6. The van der Waals surface area contributed by atoms with Gasteiger partial charge in [0.25, 0.3) is 0 Å². The molecule has 1 saturated carbocycles. The van der Waals surface area contributed by atoms with Crippen molar-refractivity contribution in [1.29, 1.82) is 5.26 Å². The summed E-state index contributed by atoms with van der Waals surface area (Å²) in [6, 6.07) is 4.74. The molecule has 1 aliphatic carbocycles. The van der Waals surface area contributed by atoms with Crippen LogP contribution in [0.25, 0.3) is 0 Å². The van der Waals surface area contributed by atoms with Gasteiger partial charge in [0, 0.05) is 37.9 Å². The molecule has 1 aromatic rings. The molecule has 3 rings (SSSR count). The zero-order valence-corrected chi connectivity index (χ0v) is 17.4. The number of anilines is 1. The molecule has 0 atom stereocenters. The molecule has 0 unspecified atom stereocenters. The largest absolute Gasteiger partial charge is 0.416 e. The van der Waals surface area contributed by atoms with Gasteiger partial charge in [0.2, 0.25) is 5.91 Å². The molecule has 1 aliphatic heterocycles. The van der Waals surface area contributed by atoms with E-state index >= 15 is 0 Å². The number of carbonyl (C=O) groups is 1. The van der Waals surface area contributed by atoms with Crippen LogP contribution in [0.3, 0.4) is 0 Å². The van der Waals surface area contributed by atoms with Crippen molar-refractivity contribution in [2.75, 3.05) is 37.6 Å². The topological polar surface area (TPSA) is 59.4 Å². The Hall–Kier alpha value is -2.34. The number of carbonyl (C=O) groups excluding carboxylic acids is 1. The van der Waals surface area contributed by atoms with Crippen molar-refractivity contribution in [2.45, 2.75) is 50.7 Å². The predicted octanol–water partition coefficient (Wildman–Crippen LogP) is 3.95. The fraction of sp³-hybridized carbons (Fsp3) is 0.636. The first kappa shape index (κ1) is 23.3. The van der Waals surface area contributed by atoms with Crippen molar-refractivity contribution in [3.63, 3.8) is 0 Å². The normalized spacial score (nSPS) is 22.7. The Balaban J connectivity index is 1.40. The second kappa shape index (κ2) is 10.3. The van der Waals surface area contributed by atoms with Gasteiger partial charge in [-0.25, -0.2) is 4.39 Å². The molecule has 0 radical (unpaired) electrons. The lowest BCUT2D eigenvalue weighted by atomic mass is 9.84. The Morgan fingerprint density at radius 2 is 1.77 bits per heavy atom. The number of alkyl halides is 3. The molecule has 170 valence electrons. The van der Waals surface area contributed by atoms with E-state index in [0.29, 0.717) is 25.1 Å². The molecule has 1 N–H and O–H groups in total. The third-order valence-corrected chi connectivity index (χ3v) is 6.25. The Morgan fingerprint density at radius 3 is 2.39 bits per heavy atom. The third-order valence-electron chi connectivity index (χ3n) is 6.25. The van der Waals surface area contributed by atoms with E-state index in [-0.39, 0.29) is 24.1 Å². The van der Waals surface area contributed by atoms with Crippen LogP contribution >= 0.6 is 0 Å². The fourth-order valence-electron chi connectivity index (χ4n) is 4.46.